The van der Waals surface area contributed by atoms with Gasteiger partial charge in [0.15, 0.2) is 5.78 Å². The van der Waals surface area contributed by atoms with Crippen molar-refractivity contribution in [1.82, 2.24) is 0 Å². The van der Waals surface area contributed by atoms with Crippen LogP contribution >= 0.6 is 23.2 Å². The quantitative estimate of drug-likeness (QED) is 0.313. The van der Waals surface area contributed by atoms with Crippen LogP contribution in [0.4, 0.5) is 5.69 Å². The van der Waals surface area contributed by atoms with Crippen LogP contribution in [0.15, 0.2) is 79.0 Å². The number of rotatable bonds is 8. The van der Waals surface area contributed by atoms with Gasteiger partial charge in [-0.2, -0.15) is 0 Å². The first-order valence-electron chi connectivity index (χ1n) is 9.28. The summed E-state index contributed by atoms with van der Waals surface area (Å²) in [5, 5.41) is 4.23. The Kier molecular flexibility index (Phi) is 7.34. The van der Waals surface area contributed by atoms with Gasteiger partial charge < -0.3 is 10.1 Å². The Bertz CT molecular complexity index is 1010. The van der Waals surface area contributed by atoms with E-state index in [2.05, 4.69) is 24.4 Å². The van der Waals surface area contributed by atoms with Crippen molar-refractivity contribution in [2.45, 2.75) is 20.0 Å². The van der Waals surface area contributed by atoms with Crippen molar-refractivity contribution >= 4 is 34.7 Å². The molecule has 0 amide bonds. The minimum absolute atomic E-state index is 0.113. The van der Waals surface area contributed by atoms with E-state index in [1.165, 1.54) is 11.6 Å². The summed E-state index contributed by atoms with van der Waals surface area (Å²) in [6.07, 6.45) is 4.14. The third kappa shape index (κ3) is 6.11. The summed E-state index contributed by atoms with van der Waals surface area (Å²) >= 11 is 12.1. The van der Waals surface area contributed by atoms with Crippen LogP contribution in [0.25, 0.3) is 0 Å². The van der Waals surface area contributed by atoms with Crippen LogP contribution in [-0.4, -0.2) is 5.78 Å². The molecular weight excluding hydrogens is 405 g/mol. The Morgan fingerprint density at radius 1 is 1.03 bits per heavy atom. The molecule has 0 aromatic heterocycles. The number of carbonyl (C=O) groups excluding carboxylic acids is 1. The molecule has 0 heterocycles. The molecule has 1 N–H and O–H groups in total. The van der Waals surface area contributed by atoms with E-state index >= 15 is 0 Å². The minimum Gasteiger partial charge on any atom is -0.489 e. The predicted octanol–water partition coefficient (Wildman–Crippen LogP) is 6.94. The van der Waals surface area contributed by atoms with Crippen LogP contribution < -0.4 is 10.1 Å². The Balaban J connectivity index is 1.59. The summed E-state index contributed by atoms with van der Waals surface area (Å²) < 4.78 is 5.78. The van der Waals surface area contributed by atoms with E-state index in [1.54, 1.807) is 42.6 Å². The number of nitrogens with one attached hydrogen (secondary N) is 1. The number of aryl methyl sites for hydroxylation is 1. The molecule has 0 aliphatic heterocycles. The standard InChI is InChI=1S/C24H21Cl2NO2/c1-2-17-6-10-21(11-7-17)27-13-12-24(28)18-4-3-5-22(14-18)29-16-19-8-9-20(25)15-23(19)26/h3-15,27H,2,16H2,1H3/b13-12+. The van der Waals surface area contributed by atoms with Crippen molar-refractivity contribution in [3.63, 3.8) is 0 Å². The number of benzene rings is 3. The molecule has 3 aromatic rings. The molecule has 0 unspecified atom stereocenters. The summed E-state index contributed by atoms with van der Waals surface area (Å²) in [6, 6.07) is 20.4. The maximum Gasteiger partial charge on any atom is 0.187 e. The number of hydrogen-bond acceptors (Lipinski definition) is 3. The fraction of sp³-hybridized carbons (Fsp3) is 0.125. The van der Waals surface area contributed by atoms with E-state index in [1.807, 2.05) is 18.2 Å². The fourth-order valence-electron chi connectivity index (χ4n) is 2.69. The molecular formula is C24H21Cl2NO2. The molecule has 29 heavy (non-hydrogen) atoms. The number of allylic oxidation sites excluding steroid dienone is 1. The molecule has 5 heteroatoms. The van der Waals surface area contributed by atoms with Gasteiger partial charge in [-0.25, -0.2) is 0 Å². The first kappa shape index (κ1) is 21.0. The Morgan fingerprint density at radius 2 is 1.83 bits per heavy atom. The highest BCUT2D eigenvalue weighted by Crippen LogP contribution is 2.23. The Morgan fingerprint density at radius 3 is 2.55 bits per heavy atom. The third-order valence-corrected chi connectivity index (χ3v) is 4.96. The zero-order valence-corrected chi connectivity index (χ0v) is 17.5. The van der Waals surface area contributed by atoms with Crippen LogP contribution in [0.3, 0.4) is 0 Å². The lowest BCUT2D eigenvalue weighted by Crippen LogP contribution is -1.99. The summed E-state index contributed by atoms with van der Waals surface area (Å²) in [5.41, 5.74) is 3.57. The average molecular weight is 426 g/mol. The smallest absolute Gasteiger partial charge is 0.187 e. The molecule has 0 bridgehead atoms. The van der Waals surface area contributed by atoms with Gasteiger partial charge in [0.25, 0.3) is 0 Å². The molecule has 148 valence electrons. The number of ether oxygens (including phenoxy) is 1. The Labute approximate surface area is 180 Å². The molecule has 0 spiro atoms. The summed E-state index contributed by atoms with van der Waals surface area (Å²) in [7, 11) is 0. The van der Waals surface area contributed by atoms with Crippen LogP contribution in [0, 0.1) is 0 Å². The molecule has 0 atom stereocenters. The molecule has 0 fully saturated rings. The lowest BCUT2D eigenvalue weighted by atomic mass is 10.1. The zero-order chi connectivity index (χ0) is 20.6. The highest BCUT2D eigenvalue weighted by Gasteiger charge is 2.06. The lowest BCUT2D eigenvalue weighted by molar-refractivity contribution is 0.104. The molecule has 0 radical (unpaired) electrons. The van der Waals surface area contributed by atoms with E-state index in [4.69, 9.17) is 27.9 Å². The van der Waals surface area contributed by atoms with Crippen LogP contribution in [0.2, 0.25) is 10.0 Å². The van der Waals surface area contributed by atoms with Crippen molar-refractivity contribution in [1.29, 1.82) is 0 Å². The summed E-state index contributed by atoms with van der Waals surface area (Å²) in [6.45, 7) is 2.40. The lowest BCUT2D eigenvalue weighted by Gasteiger charge is -2.09. The largest absolute Gasteiger partial charge is 0.489 e. The van der Waals surface area contributed by atoms with Crippen molar-refractivity contribution < 1.29 is 9.53 Å². The maximum absolute atomic E-state index is 12.4. The van der Waals surface area contributed by atoms with E-state index in [0.29, 0.717) is 28.0 Å². The van der Waals surface area contributed by atoms with E-state index in [-0.39, 0.29) is 5.78 Å². The van der Waals surface area contributed by atoms with Gasteiger partial charge >= 0.3 is 0 Å². The second kappa shape index (κ2) is 10.1. The van der Waals surface area contributed by atoms with E-state index < -0.39 is 0 Å². The topological polar surface area (TPSA) is 38.3 Å². The number of halogens is 2. The molecule has 0 saturated heterocycles. The van der Waals surface area contributed by atoms with Gasteiger partial charge in [-0.15, -0.1) is 0 Å². The monoisotopic (exact) mass is 425 g/mol. The second-order valence-electron chi connectivity index (χ2n) is 6.44. The molecule has 0 aliphatic rings. The maximum atomic E-state index is 12.4. The molecule has 0 aliphatic carbocycles. The van der Waals surface area contributed by atoms with Crippen molar-refractivity contribution in [3.05, 3.63) is 106 Å². The van der Waals surface area contributed by atoms with Gasteiger partial charge in [0.1, 0.15) is 12.4 Å². The average Bonchev–Trinajstić information content (AvgIpc) is 2.74. The first-order valence-corrected chi connectivity index (χ1v) is 10.0. The van der Waals surface area contributed by atoms with Crippen molar-refractivity contribution in [3.8, 4) is 5.75 Å². The fourth-order valence-corrected chi connectivity index (χ4v) is 3.15. The molecule has 3 aromatic carbocycles. The van der Waals surface area contributed by atoms with Gasteiger partial charge in [-0.05, 0) is 48.4 Å². The molecule has 0 saturated carbocycles. The molecule has 3 nitrogen and oxygen atoms in total. The first-order chi connectivity index (χ1) is 14.0. The number of carbonyl (C=O) groups is 1. The number of hydrogen-bond donors (Lipinski definition) is 1. The van der Waals surface area contributed by atoms with E-state index in [9.17, 15) is 4.79 Å². The Hall–Kier alpha value is -2.75. The van der Waals surface area contributed by atoms with Gasteiger partial charge in [0.2, 0.25) is 0 Å². The highest BCUT2D eigenvalue weighted by molar-refractivity contribution is 6.35. The van der Waals surface area contributed by atoms with E-state index in [0.717, 1.165) is 17.7 Å². The van der Waals surface area contributed by atoms with Crippen LogP contribution in [0.5, 0.6) is 5.75 Å². The SMILES string of the molecule is CCc1ccc(N/C=C/C(=O)c2cccc(OCc3ccc(Cl)cc3Cl)c2)cc1. The van der Waals surface area contributed by atoms with Crippen molar-refractivity contribution in [2.24, 2.45) is 0 Å². The van der Waals surface area contributed by atoms with Crippen molar-refractivity contribution in [2.75, 3.05) is 5.32 Å². The minimum atomic E-state index is -0.113. The summed E-state index contributed by atoms with van der Waals surface area (Å²) in [4.78, 5) is 12.4. The normalized spacial score (nSPS) is 10.9. The number of anilines is 1. The van der Waals surface area contributed by atoms with Gasteiger partial charge in [-0.1, -0.05) is 60.5 Å². The highest BCUT2D eigenvalue weighted by atomic mass is 35.5. The summed E-state index contributed by atoms with van der Waals surface area (Å²) in [5.74, 6) is 0.482. The van der Waals surface area contributed by atoms with Gasteiger partial charge in [-0.3, -0.25) is 4.79 Å². The predicted molar refractivity (Wildman–Crippen MR) is 120 cm³/mol. The zero-order valence-electron chi connectivity index (χ0n) is 16.0. The third-order valence-electron chi connectivity index (χ3n) is 4.37. The van der Waals surface area contributed by atoms with Gasteiger partial charge in [0, 0.05) is 39.1 Å². The molecule has 3 rings (SSSR count). The number of ketones is 1. The van der Waals surface area contributed by atoms with Gasteiger partial charge in [0.05, 0.1) is 0 Å². The van der Waals surface area contributed by atoms with Crippen LogP contribution in [0.1, 0.15) is 28.4 Å². The second-order valence-corrected chi connectivity index (χ2v) is 7.29. The van der Waals surface area contributed by atoms with Crippen LogP contribution in [-0.2, 0) is 13.0 Å².